The van der Waals surface area contributed by atoms with Crippen LogP contribution >= 0.6 is 23.2 Å². The van der Waals surface area contributed by atoms with Crippen LogP contribution in [0.25, 0.3) is 10.9 Å². The maximum Gasteiger partial charge on any atom is 0.259 e. The van der Waals surface area contributed by atoms with Gasteiger partial charge < -0.3 is 11.1 Å². The summed E-state index contributed by atoms with van der Waals surface area (Å²) in [5.41, 5.74) is 7.32. The molecule has 0 atom stereocenters. The number of aromatic nitrogens is 1. The molecule has 3 aromatic rings. The van der Waals surface area contributed by atoms with Crippen molar-refractivity contribution in [1.29, 1.82) is 0 Å². The molecule has 0 saturated carbocycles. The van der Waals surface area contributed by atoms with Gasteiger partial charge in [0.2, 0.25) is 0 Å². The number of amides is 1. The fourth-order valence-electron chi connectivity index (χ4n) is 2.10. The monoisotopic (exact) mass is 331 g/mol. The van der Waals surface area contributed by atoms with Crippen LogP contribution in [0.5, 0.6) is 0 Å². The smallest absolute Gasteiger partial charge is 0.259 e. The minimum atomic E-state index is -0.389. The van der Waals surface area contributed by atoms with Gasteiger partial charge in [-0.3, -0.25) is 4.79 Å². The van der Waals surface area contributed by atoms with E-state index in [9.17, 15) is 4.79 Å². The van der Waals surface area contributed by atoms with Gasteiger partial charge in [-0.1, -0.05) is 47.5 Å². The molecule has 22 heavy (non-hydrogen) atoms. The first-order valence-corrected chi connectivity index (χ1v) is 7.22. The number of fused-ring (bicyclic) bond motifs is 1. The lowest BCUT2D eigenvalue weighted by atomic mass is 10.1. The lowest BCUT2D eigenvalue weighted by molar-refractivity contribution is 0.102. The molecular formula is C16H11Cl2N3O. The van der Waals surface area contributed by atoms with Gasteiger partial charge in [0.25, 0.3) is 5.91 Å². The SMILES string of the molecule is Nc1nc2ccccc2cc1C(=O)Nc1cccc(Cl)c1Cl. The Labute approximate surface area is 136 Å². The molecule has 0 bridgehead atoms. The van der Waals surface area contributed by atoms with Crippen molar-refractivity contribution in [1.82, 2.24) is 4.98 Å². The fraction of sp³-hybridized carbons (Fsp3) is 0. The molecule has 3 rings (SSSR count). The van der Waals surface area contributed by atoms with Gasteiger partial charge in [-0.15, -0.1) is 0 Å². The number of rotatable bonds is 2. The van der Waals surface area contributed by atoms with Crippen LogP contribution in [0.1, 0.15) is 10.4 Å². The second kappa shape index (κ2) is 5.83. The quantitative estimate of drug-likeness (QED) is 0.732. The number of benzene rings is 2. The molecule has 110 valence electrons. The Morgan fingerprint density at radius 2 is 1.86 bits per heavy atom. The average molecular weight is 332 g/mol. The van der Waals surface area contributed by atoms with Gasteiger partial charge in [0, 0.05) is 5.39 Å². The van der Waals surface area contributed by atoms with Gasteiger partial charge >= 0.3 is 0 Å². The van der Waals surface area contributed by atoms with Gasteiger partial charge in [0.15, 0.2) is 0 Å². The highest BCUT2D eigenvalue weighted by Gasteiger charge is 2.14. The highest BCUT2D eigenvalue weighted by molar-refractivity contribution is 6.44. The normalized spacial score (nSPS) is 10.6. The second-order valence-electron chi connectivity index (χ2n) is 4.67. The summed E-state index contributed by atoms with van der Waals surface area (Å²) in [7, 11) is 0. The number of carbonyl (C=O) groups is 1. The maximum atomic E-state index is 12.4. The third-order valence-electron chi connectivity index (χ3n) is 3.20. The molecule has 2 aromatic carbocycles. The predicted octanol–water partition coefficient (Wildman–Crippen LogP) is 4.38. The van der Waals surface area contributed by atoms with Crippen LogP contribution in [0, 0.1) is 0 Å². The number of nitrogens with one attached hydrogen (secondary N) is 1. The molecule has 0 fully saturated rings. The van der Waals surface area contributed by atoms with Crippen LogP contribution in [0.4, 0.5) is 11.5 Å². The molecule has 1 heterocycles. The van der Waals surface area contributed by atoms with E-state index in [1.807, 2.05) is 24.3 Å². The zero-order chi connectivity index (χ0) is 15.7. The fourth-order valence-corrected chi connectivity index (χ4v) is 2.45. The summed E-state index contributed by atoms with van der Waals surface area (Å²) >= 11 is 12.0. The van der Waals surface area contributed by atoms with Crippen LogP contribution in [0.3, 0.4) is 0 Å². The Morgan fingerprint density at radius 1 is 1.09 bits per heavy atom. The summed E-state index contributed by atoms with van der Waals surface area (Å²) < 4.78 is 0. The van der Waals surface area contributed by atoms with Gasteiger partial charge in [0.1, 0.15) is 5.82 Å². The van der Waals surface area contributed by atoms with E-state index >= 15 is 0 Å². The number of halogens is 2. The molecule has 0 radical (unpaired) electrons. The molecule has 3 N–H and O–H groups in total. The largest absolute Gasteiger partial charge is 0.383 e. The summed E-state index contributed by atoms with van der Waals surface area (Å²) in [6.07, 6.45) is 0. The highest BCUT2D eigenvalue weighted by atomic mass is 35.5. The van der Waals surface area contributed by atoms with Crippen LogP contribution in [-0.4, -0.2) is 10.9 Å². The average Bonchev–Trinajstić information content (AvgIpc) is 2.51. The van der Waals surface area contributed by atoms with E-state index in [-0.39, 0.29) is 22.3 Å². The van der Waals surface area contributed by atoms with Crippen molar-refractivity contribution in [3.8, 4) is 0 Å². The Bertz CT molecular complexity index is 880. The number of nitrogen functional groups attached to an aromatic ring is 1. The summed E-state index contributed by atoms with van der Waals surface area (Å²) in [5.74, 6) is -0.228. The summed E-state index contributed by atoms with van der Waals surface area (Å²) in [5, 5.41) is 4.18. The van der Waals surface area contributed by atoms with E-state index in [2.05, 4.69) is 10.3 Å². The summed E-state index contributed by atoms with van der Waals surface area (Å²) in [4.78, 5) is 16.6. The summed E-state index contributed by atoms with van der Waals surface area (Å²) in [6.45, 7) is 0. The Hall–Kier alpha value is -2.30. The molecule has 1 aromatic heterocycles. The van der Waals surface area contributed by atoms with Gasteiger partial charge in [0.05, 0.1) is 26.8 Å². The van der Waals surface area contributed by atoms with Crippen molar-refractivity contribution in [2.24, 2.45) is 0 Å². The van der Waals surface area contributed by atoms with Crippen molar-refractivity contribution in [3.05, 3.63) is 64.1 Å². The molecule has 0 unspecified atom stereocenters. The first-order chi connectivity index (χ1) is 10.6. The van der Waals surface area contributed by atoms with Crippen molar-refractivity contribution in [2.75, 3.05) is 11.1 Å². The first-order valence-electron chi connectivity index (χ1n) is 6.47. The predicted molar refractivity (Wildman–Crippen MR) is 90.6 cm³/mol. The van der Waals surface area contributed by atoms with E-state index in [4.69, 9.17) is 28.9 Å². The van der Waals surface area contributed by atoms with Crippen molar-refractivity contribution in [2.45, 2.75) is 0 Å². The number of pyridine rings is 1. The zero-order valence-electron chi connectivity index (χ0n) is 11.3. The number of anilines is 2. The van der Waals surface area contributed by atoms with E-state index in [1.165, 1.54) is 0 Å². The van der Waals surface area contributed by atoms with Crippen molar-refractivity contribution >= 4 is 51.5 Å². The van der Waals surface area contributed by atoms with Crippen molar-refractivity contribution < 1.29 is 4.79 Å². The number of hydrogen-bond donors (Lipinski definition) is 2. The van der Waals surface area contributed by atoms with Crippen LogP contribution in [0.15, 0.2) is 48.5 Å². The molecular weight excluding hydrogens is 321 g/mol. The molecule has 0 saturated heterocycles. The molecule has 1 amide bonds. The third-order valence-corrected chi connectivity index (χ3v) is 4.02. The molecule has 0 spiro atoms. The lowest BCUT2D eigenvalue weighted by Crippen LogP contribution is -2.15. The number of para-hydroxylation sites is 1. The van der Waals surface area contributed by atoms with E-state index in [0.717, 1.165) is 10.9 Å². The van der Waals surface area contributed by atoms with E-state index in [1.54, 1.807) is 24.3 Å². The molecule has 0 aliphatic heterocycles. The molecule has 4 nitrogen and oxygen atoms in total. The minimum absolute atomic E-state index is 0.161. The van der Waals surface area contributed by atoms with E-state index < -0.39 is 0 Å². The Balaban J connectivity index is 1.98. The second-order valence-corrected chi connectivity index (χ2v) is 5.45. The highest BCUT2D eigenvalue weighted by Crippen LogP contribution is 2.30. The molecule has 0 aliphatic carbocycles. The van der Waals surface area contributed by atoms with Crippen LogP contribution in [-0.2, 0) is 0 Å². The number of hydrogen-bond acceptors (Lipinski definition) is 3. The topological polar surface area (TPSA) is 68.0 Å². The van der Waals surface area contributed by atoms with Crippen LogP contribution < -0.4 is 11.1 Å². The van der Waals surface area contributed by atoms with Crippen LogP contribution in [0.2, 0.25) is 10.0 Å². The summed E-state index contributed by atoms with van der Waals surface area (Å²) in [6, 6.07) is 14.1. The maximum absolute atomic E-state index is 12.4. The van der Waals surface area contributed by atoms with Gasteiger partial charge in [-0.25, -0.2) is 4.98 Å². The number of nitrogens with zero attached hydrogens (tertiary/aromatic N) is 1. The number of carbonyl (C=O) groups excluding carboxylic acids is 1. The minimum Gasteiger partial charge on any atom is -0.383 e. The third kappa shape index (κ3) is 2.71. The Morgan fingerprint density at radius 3 is 2.68 bits per heavy atom. The number of nitrogens with two attached hydrogens (primary N) is 1. The van der Waals surface area contributed by atoms with Gasteiger partial charge in [-0.05, 0) is 24.3 Å². The molecule has 6 heteroatoms. The van der Waals surface area contributed by atoms with Gasteiger partial charge in [-0.2, -0.15) is 0 Å². The van der Waals surface area contributed by atoms with Crippen molar-refractivity contribution in [3.63, 3.8) is 0 Å². The standard InChI is InChI=1S/C16H11Cl2N3O/c17-11-5-3-7-13(14(11)18)21-16(22)10-8-9-4-1-2-6-12(9)20-15(10)19/h1-8H,(H2,19,20)(H,21,22). The Kier molecular flexibility index (Phi) is 3.88. The lowest BCUT2D eigenvalue weighted by Gasteiger charge is -2.10. The first kappa shape index (κ1) is 14.6. The zero-order valence-corrected chi connectivity index (χ0v) is 12.8. The molecule has 0 aliphatic rings. The van der Waals surface area contributed by atoms with E-state index in [0.29, 0.717) is 10.7 Å².